The van der Waals surface area contributed by atoms with Crippen molar-refractivity contribution in [2.24, 2.45) is 0 Å². The van der Waals surface area contributed by atoms with Crippen LogP contribution < -0.4 is 15.4 Å². The minimum absolute atomic E-state index is 0.0656. The standard InChI is InChI=1S/C38H46N6O5/c1-29(46)40-26-36(47)44(19-9-4-10-22-45)38(16-20-43(21-17-38)27-30-11-5-2-6-12-30)37(48)39-18-15-32-24-41-34-23-35(42-25-33(32)34)49-28-31-13-7-3-8-14-31/h2-3,5-8,11-15,18,23-25,41,45H,4,9-10,16-17,19-22,26-28H2,1H3,(H,39,48)(H,40,46)/b18-15-. The maximum atomic E-state index is 14.2. The number of carbonyl (C=O) groups is 3. The third-order valence-corrected chi connectivity index (χ3v) is 8.98. The van der Waals surface area contributed by atoms with Gasteiger partial charge in [-0.25, -0.2) is 4.98 Å². The molecule has 1 aliphatic heterocycles. The number of fused-ring (bicyclic) bond motifs is 1. The number of piperidine rings is 1. The predicted octanol–water partition coefficient (Wildman–Crippen LogP) is 4.39. The summed E-state index contributed by atoms with van der Waals surface area (Å²) < 4.78 is 5.88. The molecule has 3 amide bonds. The number of rotatable bonds is 16. The number of hydrogen-bond donors (Lipinski definition) is 4. The Labute approximate surface area is 287 Å². The van der Waals surface area contributed by atoms with Gasteiger partial charge in [-0.15, -0.1) is 0 Å². The minimum atomic E-state index is -1.11. The fourth-order valence-electron chi connectivity index (χ4n) is 6.28. The fourth-order valence-corrected chi connectivity index (χ4v) is 6.28. The highest BCUT2D eigenvalue weighted by atomic mass is 16.5. The largest absolute Gasteiger partial charge is 0.473 e. The van der Waals surface area contributed by atoms with Crippen molar-refractivity contribution in [1.29, 1.82) is 0 Å². The van der Waals surface area contributed by atoms with Crippen molar-refractivity contribution in [3.05, 3.63) is 102 Å². The van der Waals surface area contributed by atoms with E-state index >= 15 is 0 Å². The molecule has 0 saturated carbocycles. The quantitative estimate of drug-likeness (QED) is 0.130. The molecule has 0 radical (unpaired) electrons. The van der Waals surface area contributed by atoms with Crippen LogP contribution in [0.3, 0.4) is 0 Å². The average molecular weight is 667 g/mol. The molecule has 49 heavy (non-hydrogen) atoms. The summed E-state index contributed by atoms with van der Waals surface area (Å²) in [5.41, 5.74) is 2.82. The maximum Gasteiger partial charge on any atom is 0.249 e. The van der Waals surface area contributed by atoms with Gasteiger partial charge >= 0.3 is 0 Å². The summed E-state index contributed by atoms with van der Waals surface area (Å²) in [5.74, 6) is -0.375. The van der Waals surface area contributed by atoms with Gasteiger partial charge in [0.15, 0.2) is 0 Å². The first-order chi connectivity index (χ1) is 23.9. The second-order valence-corrected chi connectivity index (χ2v) is 12.4. The minimum Gasteiger partial charge on any atom is -0.473 e. The van der Waals surface area contributed by atoms with E-state index in [1.807, 2.05) is 66.9 Å². The number of pyridine rings is 1. The molecular formula is C38H46N6O5. The molecular weight excluding hydrogens is 620 g/mol. The SMILES string of the molecule is CC(=O)NCC(=O)N(CCCCCO)C1(C(=O)N/C=C\c2c[nH]c3cc(OCc4ccccc4)ncc23)CCN(Cc2ccccc2)CC1. The van der Waals surface area contributed by atoms with Gasteiger partial charge in [-0.1, -0.05) is 60.7 Å². The number of nitrogens with one attached hydrogen (secondary N) is 3. The van der Waals surface area contributed by atoms with Crippen LogP contribution in [0.1, 0.15) is 55.7 Å². The predicted molar refractivity (Wildman–Crippen MR) is 189 cm³/mol. The molecule has 11 nitrogen and oxygen atoms in total. The molecule has 1 aliphatic rings. The molecule has 0 atom stereocenters. The molecule has 0 spiro atoms. The highest BCUT2D eigenvalue weighted by Gasteiger charge is 2.47. The number of unbranched alkanes of at least 4 members (excludes halogenated alkanes) is 2. The molecule has 4 N–H and O–H groups in total. The van der Waals surface area contributed by atoms with E-state index in [0.29, 0.717) is 64.2 Å². The van der Waals surface area contributed by atoms with E-state index in [1.165, 1.54) is 12.5 Å². The van der Waals surface area contributed by atoms with E-state index in [1.54, 1.807) is 17.3 Å². The molecule has 4 aromatic rings. The number of carbonyl (C=O) groups excluding carboxylic acids is 3. The molecule has 2 aromatic heterocycles. The number of aromatic amines is 1. The zero-order valence-corrected chi connectivity index (χ0v) is 28.1. The van der Waals surface area contributed by atoms with Gasteiger partial charge in [0.25, 0.3) is 0 Å². The summed E-state index contributed by atoms with van der Waals surface area (Å²) in [4.78, 5) is 51.3. The van der Waals surface area contributed by atoms with E-state index < -0.39 is 5.54 Å². The Hall–Kier alpha value is -5.00. The van der Waals surface area contributed by atoms with Crippen LogP contribution in [0.15, 0.2) is 85.3 Å². The van der Waals surface area contributed by atoms with Crippen molar-refractivity contribution < 1.29 is 24.2 Å². The van der Waals surface area contributed by atoms with Crippen molar-refractivity contribution in [1.82, 2.24) is 30.4 Å². The van der Waals surface area contributed by atoms with E-state index in [4.69, 9.17) is 4.74 Å². The molecule has 0 aliphatic carbocycles. The first kappa shape index (κ1) is 35.3. The summed E-state index contributed by atoms with van der Waals surface area (Å²) in [6.45, 7) is 4.00. The number of aromatic nitrogens is 2. The van der Waals surface area contributed by atoms with Gasteiger partial charge in [0.05, 0.1) is 12.1 Å². The summed E-state index contributed by atoms with van der Waals surface area (Å²) in [6.07, 6.45) is 9.85. The monoisotopic (exact) mass is 666 g/mol. The van der Waals surface area contributed by atoms with Crippen molar-refractivity contribution >= 4 is 34.7 Å². The van der Waals surface area contributed by atoms with Gasteiger partial charge in [0, 0.05) is 75.3 Å². The van der Waals surface area contributed by atoms with Gasteiger partial charge in [0.2, 0.25) is 23.6 Å². The summed E-state index contributed by atoms with van der Waals surface area (Å²) in [5, 5.41) is 15.8. The third kappa shape index (κ3) is 9.55. The maximum absolute atomic E-state index is 14.2. The van der Waals surface area contributed by atoms with Crippen LogP contribution in [0.5, 0.6) is 5.88 Å². The Morgan fingerprint density at radius 3 is 2.43 bits per heavy atom. The summed E-state index contributed by atoms with van der Waals surface area (Å²) in [7, 11) is 0. The van der Waals surface area contributed by atoms with Crippen LogP contribution in [0, 0.1) is 0 Å². The molecule has 0 bridgehead atoms. The van der Waals surface area contributed by atoms with Crippen LogP contribution >= 0.6 is 0 Å². The third-order valence-electron chi connectivity index (χ3n) is 8.98. The topological polar surface area (TPSA) is 140 Å². The number of ether oxygens (including phenoxy) is 1. The Morgan fingerprint density at radius 1 is 1.02 bits per heavy atom. The van der Waals surface area contributed by atoms with Gasteiger partial charge in [-0.2, -0.15) is 0 Å². The van der Waals surface area contributed by atoms with Gasteiger partial charge in [-0.3, -0.25) is 19.3 Å². The molecule has 2 aromatic carbocycles. The second kappa shape index (κ2) is 17.4. The Morgan fingerprint density at radius 2 is 1.73 bits per heavy atom. The van der Waals surface area contributed by atoms with Crippen LogP contribution in [0.2, 0.25) is 0 Å². The van der Waals surface area contributed by atoms with Crippen LogP contribution in [-0.2, 0) is 27.5 Å². The van der Waals surface area contributed by atoms with Crippen molar-refractivity contribution in [2.75, 3.05) is 32.8 Å². The number of hydrogen-bond acceptors (Lipinski definition) is 7. The first-order valence-corrected chi connectivity index (χ1v) is 16.9. The second-order valence-electron chi connectivity index (χ2n) is 12.4. The fraction of sp³-hybridized carbons (Fsp3) is 0.368. The molecule has 1 saturated heterocycles. The Bertz CT molecular complexity index is 1700. The molecule has 258 valence electrons. The molecule has 3 heterocycles. The lowest BCUT2D eigenvalue weighted by molar-refractivity contribution is -0.151. The van der Waals surface area contributed by atoms with Crippen LogP contribution in [0.4, 0.5) is 0 Å². The number of amides is 3. The van der Waals surface area contributed by atoms with E-state index in [9.17, 15) is 19.5 Å². The number of nitrogens with zero attached hydrogens (tertiary/aromatic N) is 3. The number of aliphatic hydroxyl groups is 1. The zero-order chi connectivity index (χ0) is 34.5. The molecule has 0 unspecified atom stereocenters. The normalized spacial score (nSPS) is 14.5. The number of aliphatic hydroxyl groups excluding tert-OH is 1. The van der Waals surface area contributed by atoms with Gasteiger partial charge < -0.3 is 30.4 Å². The highest BCUT2D eigenvalue weighted by molar-refractivity contribution is 5.94. The number of benzene rings is 2. The van der Waals surface area contributed by atoms with E-state index in [-0.39, 0.29) is 30.9 Å². The summed E-state index contributed by atoms with van der Waals surface area (Å²) >= 11 is 0. The molecule has 11 heteroatoms. The van der Waals surface area contributed by atoms with Crippen molar-refractivity contribution in [2.45, 2.75) is 57.7 Å². The van der Waals surface area contributed by atoms with Crippen molar-refractivity contribution in [3.8, 4) is 5.88 Å². The van der Waals surface area contributed by atoms with Crippen LogP contribution in [-0.4, -0.2) is 80.9 Å². The lowest BCUT2D eigenvalue weighted by Crippen LogP contribution is -2.65. The zero-order valence-electron chi connectivity index (χ0n) is 28.1. The van der Waals surface area contributed by atoms with E-state index in [2.05, 4.69) is 37.6 Å². The smallest absolute Gasteiger partial charge is 0.249 e. The molecule has 5 rings (SSSR count). The lowest BCUT2D eigenvalue weighted by Gasteiger charge is -2.47. The van der Waals surface area contributed by atoms with Crippen LogP contribution in [0.25, 0.3) is 17.0 Å². The van der Waals surface area contributed by atoms with Gasteiger partial charge in [0.1, 0.15) is 12.1 Å². The Balaban J connectivity index is 1.32. The highest BCUT2D eigenvalue weighted by Crippen LogP contribution is 2.32. The Kier molecular flexibility index (Phi) is 12.5. The lowest BCUT2D eigenvalue weighted by atomic mass is 9.83. The summed E-state index contributed by atoms with van der Waals surface area (Å²) in [6, 6.07) is 21.9. The first-order valence-electron chi connectivity index (χ1n) is 16.9. The number of likely N-dealkylation sites (tertiary alicyclic amines) is 1. The number of H-pyrrole nitrogens is 1. The van der Waals surface area contributed by atoms with Crippen molar-refractivity contribution in [3.63, 3.8) is 0 Å². The average Bonchev–Trinajstić information content (AvgIpc) is 3.53. The van der Waals surface area contributed by atoms with Gasteiger partial charge in [-0.05, 0) is 49.3 Å². The molecule has 1 fully saturated rings. The van der Waals surface area contributed by atoms with E-state index in [0.717, 1.165) is 28.6 Å².